The van der Waals surface area contributed by atoms with E-state index < -0.39 is 34.0 Å². The van der Waals surface area contributed by atoms with Crippen molar-refractivity contribution in [2.24, 2.45) is 0 Å². The summed E-state index contributed by atoms with van der Waals surface area (Å²) in [5, 5.41) is 1.33. The molecule has 0 atom stereocenters. The quantitative estimate of drug-likeness (QED) is 0.236. The van der Waals surface area contributed by atoms with E-state index in [1.165, 1.54) is 5.41 Å². The van der Waals surface area contributed by atoms with Crippen molar-refractivity contribution in [2.75, 3.05) is 0 Å². The van der Waals surface area contributed by atoms with E-state index in [-0.39, 0.29) is 0 Å². The van der Waals surface area contributed by atoms with Gasteiger partial charge in [0.1, 0.15) is 0 Å². The van der Waals surface area contributed by atoms with Crippen LogP contribution in [0.4, 0.5) is 22.0 Å². The molecule has 1 aromatic rings. The molecule has 0 unspecified atom stereocenters. The summed E-state index contributed by atoms with van der Waals surface area (Å²) >= 11 is 0.484. The normalized spacial score (nSPS) is 11.4. The molecule has 0 heterocycles. The van der Waals surface area contributed by atoms with E-state index in [0.29, 0.717) is 18.2 Å². The molecule has 0 aliphatic carbocycles. The van der Waals surface area contributed by atoms with Gasteiger partial charge in [0.2, 0.25) is 5.82 Å². The molecule has 0 spiro atoms. The van der Waals surface area contributed by atoms with Crippen LogP contribution in [0.3, 0.4) is 0 Å². The SMILES string of the molecule is CCCCC=CSc1c(F)c(F)c(F)c(F)c1F. The maximum absolute atomic E-state index is 13.2. The van der Waals surface area contributed by atoms with Crippen molar-refractivity contribution in [3.05, 3.63) is 40.6 Å². The standard InChI is InChI=1S/C12H11F5S/c1-2-3-4-5-6-18-12-10(16)8(14)7(13)9(15)11(12)17/h5-6H,2-4H2,1H3. The summed E-state index contributed by atoms with van der Waals surface area (Å²) in [6.07, 6.45) is 4.18. The molecule has 0 nitrogen and oxygen atoms in total. The molecule has 18 heavy (non-hydrogen) atoms. The van der Waals surface area contributed by atoms with Gasteiger partial charge < -0.3 is 0 Å². The fraction of sp³-hybridized carbons (Fsp3) is 0.333. The van der Waals surface area contributed by atoms with E-state index in [1.807, 2.05) is 6.92 Å². The number of rotatable bonds is 5. The zero-order chi connectivity index (χ0) is 13.7. The largest absolute Gasteiger partial charge is 0.202 e. The highest BCUT2D eigenvalue weighted by atomic mass is 32.2. The number of hydrogen-bond donors (Lipinski definition) is 0. The first-order valence-corrected chi connectivity index (χ1v) is 6.21. The Morgan fingerprint density at radius 2 is 1.39 bits per heavy atom. The zero-order valence-corrected chi connectivity index (χ0v) is 10.4. The third-order valence-electron chi connectivity index (χ3n) is 2.18. The van der Waals surface area contributed by atoms with Crippen LogP contribution >= 0.6 is 11.8 Å². The van der Waals surface area contributed by atoms with Crippen molar-refractivity contribution in [2.45, 2.75) is 31.1 Å². The molecule has 0 radical (unpaired) electrons. The van der Waals surface area contributed by atoms with Crippen LogP contribution in [0, 0.1) is 29.1 Å². The van der Waals surface area contributed by atoms with Crippen LogP contribution in [0.25, 0.3) is 0 Å². The molecular weight excluding hydrogens is 271 g/mol. The second-order valence-electron chi connectivity index (χ2n) is 3.53. The molecule has 0 saturated heterocycles. The van der Waals surface area contributed by atoms with E-state index >= 15 is 0 Å². The molecule has 0 saturated carbocycles. The fourth-order valence-electron chi connectivity index (χ4n) is 1.19. The summed E-state index contributed by atoms with van der Waals surface area (Å²) in [5.74, 6) is -9.56. The third kappa shape index (κ3) is 3.25. The first-order valence-electron chi connectivity index (χ1n) is 5.33. The Kier molecular flexibility index (Phi) is 5.65. The van der Waals surface area contributed by atoms with Gasteiger partial charge in [-0.3, -0.25) is 0 Å². The molecule has 0 N–H and O–H groups in total. The molecule has 0 amide bonds. The summed E-state index contributed by atoms with van der Waals surface area (Å²) in [5.41, 5.74) is 0. The Morgan fingerprint density at radius 3 is 1.89 bits per heavy atom. The Balaban J connectivity index is 2.93. The van der Waals surface area contributed by atoms with Gasteiger partial charge in [-0.05, 0) is 11.8 Å². The Bertz CT molecular complexity index is 427. The smallest absolute Gasteiger partial charge is 0.200 e. The Morgan fingerprint density at radius 1 is 0.889 bits per heavy atom. The van der Waals surface area contributed by atoms with Crippen molar-refractivity contribution in [1.82, 2.24) is 0 Å². The van der Waals surface area contributed by atoms with Gasteiger partial charge in [-0.1, -0.05) is 37.6 Å². The van der Waals surface area contributed by atoms with Crippen LogP contribution in [0.2, 0.25) is 0 Å². The van der Waals surface area contributed by atoms with Crippen molar-refractivity contribution >= 4 is 11.8 Å². The lowest BCUT2D eigenvalue weighted by molar-refractivity contribution is 0.361. The minimum Gasteiger partial charge on any atom is -0.202 e. The van der Waals surface area contributed by atoms with Gasteiger partial charge in [-0.2, -0.15) is 0 Å². The number of hydrogen-bond acceptors (Lipinski definition) is 1. The molecule has 0 aromatic heterocycles. The van der Waals surface area contributed by atoms with Crippen LogP contribution in [0.5, 0.6) is 0 Å². The van der Waals surface area contributed by atoms with Gasteiger partial charge in [0.25, 0.3) is 0 Å². The topological polar surface area (TPSA) is 0 Å². The van der Waals surface area contributed by atoms with E-state index in [2.05, 4.69) is 0 Å². The van der Waals surface area contributed by atoms with Gasteiger partial charge in [0.05, 0.1) is 4.90 Å². The maximum Gasteiger partial charge on any atom is 0.200 e. The molecule has 6 heteroatoms. The molecule has 100 valence electrons. The summed E-state index contributed by atoms with van der Waals surface area (Å²) in [6.45, 7) is 1.98. The second-order valence-corrected chi connectivity index (χ2v) is 4.45. The number of unbranched alkanes of at least 4 members (excludes halogenated alkanes) is 2. The highest BCUT2D eigenvalue weighted by Gasteiger charge is 2.25. The van der Waals surface area contributed by atoms with E-state index in [0.717, 1.165) is 12.8 Å². The highest BCUT2D eigenvalue weighted by molar-refractivity contribution is 8.02. The molecule has 1 rings (SSSR count). The average Bonchev–Trinajstić information content (AvgIpc) is 2.37. The van der Waals surface area contributed by atoms with Gasteiger partial charge in [0, 0.05) is 0 Å². The zero-order valence-electron chi connectivity index (χ0n) is 9.57. The number of benzene rings is 1. The Hall–Kier alpha value is -1.04. The molecule has 1 aromatic carbocycles. The van der Waals surface area contributed by atoms with Crippen LogP contribution in [-0.2, 0) is 0 Å². The van der Waals surface area contributed by atoms with Crippen molar-refractivity contribution in [3.8, 4) is 0 Å². The molecule has 0 aliphatic rings. The van der Waals surface area contributed by atoms with Gasteiger partial charge in [-0.15, -0.1) is 0 Å². The molecular formula is C12H11F5S. The Labute approximate surface area is 106 Å². The first kappa shape index (κ1) is 15.0. The van der Waals surface area contributed by atoms with Crippen LogP contribution in [0.1, 0.15) is 26.2 Å². The van der Waals surface area contributed by atoms with Crippen molar-refractivity contribution < 1.29 is 22.0 Å². The maximum atomic E-state index is 13.2. The molecule has 0 bridgehead atoms. The predicted octanol–water partition coefficient (Wildman–Crippen LogP) is 5.18. The van der Waals surface area contributed by atoms with Crippen molar-refractivity contribution in [3.63, 3.8) is 0 Å². The monoisotopic (exact) mass is 282 g/mol. The van der Waals surface area contributed by atoms with Gasteiger partial charge in [-0.25, -0.2) is 22.0 Å². The number of thioether (sulfide) groups is 1. The summed E-state index contributed by atoms with van der Waals surface area (Å²) in [6, 6.07) is 0. The van der Waals surface area contributed by atoms with E-state index in [9.17, 15) is 22.0 Å². The summed E-state index contributed by atoms with van der Waals surface area (Å²) in [7, 11) is 0. The highest BCUT2D eigenvalue weighted by Crippen LogP contribution is 2.31. The lowest BCUT2D eigenvalue weighted by atomic mass is 10.2. The predicted molar refractivity (Wildman–Crippen MR) is 60.8 cm³/mol. The lowest BCUT2D eigenvalue weighted by Crippen LogP contribution is -2.02. The lowest BCUT2D eigenvalue weighted by Gasteiger charge is -2.05. The number of halogens is 5. The van der Waals surface area contributed by atoms with Gasteiger partial charge >= 0.3 is 0 Å². The average molecular weight is 282 g/mol. The molecule has 0 aliphatic heterocycles. The first-order chi connectivity index (χ1) is 8.50. The van der Waals surface area contributed by atoms with Crippen LogP contribution in [-0.4, -0.2) is 0 Å². The van der Waals surface area contributed by atoms with Crippen molar-refractivity contribution in [1.29, 1.82) is 0 Å². The van der Waals surface area contributed by atoms with E-state index in [4.69, 9.17) is 0 Å². The van der Waals surface area contributed by atoms with E-state index in [1.54, 1.807) is 6.08 Å². The van der Waals surface area contributed by atoms with Gasteiger partial charge in [0.15, 0.2) is 23.3 Å². The summed E-state index contributed by atoms with van der Waals surface area (Å²) in [4.78, 5) is -0.876. The minimum atomic E-state index is -2.13. The molecule has 0 fully saturated rings. The minimum absolute atomic E-state index is 0.484. The van der Waals surface area contributed by atoms with Crippen LogP contribution in [0.15, 0.2) is 16.4 Å². The fourth-order valence-corrected chi connectivity index (χ4v) is 1.95. The third-order valence-corrected chi connectivity index (χ3v) is 3.10. The summed E-state index contributed by atoms with van der Waals surface area (Å²) < 4.78 is 64.8. The second kappa shape index (κ2) is 6.78. The number of allylic oxidation sites excluding steroid dienone is 1. The van der Waals surface area contributed by atoms with Crippen LogP contribution < -0.4 is 0 Å².